The number of amides is 2. The predicted molar refractivity (Wildman–Crippen MR) is 127 cm³/mol. The number of aryl methyl sites for hydroxylation is 1. The third kappa shape index (κ3) is 4.46. The minimum Gasteiger partial charge on any atom is -0.385 e. The molecule has 3 aliphatic rings. The van der Waals surface area contributed by atoms with Gasteiger partial charge in [-0.3, -0.25) is 9.59 Å². The van der Waals surface area contributed by atoms with E-state index in [2.05, 4.69) is 10.3 Å². The maximum absolute atomic E-state index is 12.7. The van der Waals surface area contributed by atoms with Gasteiger partial charge in [0.2, 0.25) is 11.8 Å². The quantitative estimate of drug-likeness (QED) is 0.714. The van der Waals surface area contributed by atoms with Crippen molar-refractivity contribution in [3.63, 3.8) is 0 Å². The summed E-state index contributed by atoms with van der Waals surface area (Å²) in [5.74, 6) is 1.28. The van der Waals surface area contributed by atoms with Gasteiger partial charge in [-0.15, -0.1) is 0 Å². The van der Waals surface area contributed by atoms with Crippen molar-refractivity contribution in [1.82, 2.24) is 9.88 Å². The van der Waals surface area contributed by atoms with Crippen molar-refractivity contribution in [1.29, 1.82) is 0 Å². The molecule has 2 fully saturated rings. The van der Waals surface area contributed by atoms with Crippen LogP contribution in [0, 0.1) is 11.8 Å². The molecule has 1 saturated carbocycles. The maximum atomic E-state index is 12.7. The van der Waals surface area contributed by atoms with Crippen LogP contribution in [0.1, 0.15) is 50.8 Å². The molecule has 32 heavy (non-hydrogen) atoms. The van der Waals surface area contributed by atoms with Gasteiger partial charge in [-0.1, -0.05) is 45.2 Å². The van der Waals surface area contributed by atoms with E-state index < -0.39 is 5.60 Å². The highest BCUT2D eigenvalue weighted by Gasteiger charge is 2.49. The van der Waals surface area contributed by atoms with Gasteiger partial charge >= 0.3 is 0 Å². The van der Waals surface area contributed by atoms with Crippen molar-refractivity contribution in [3.05, 3.63) is 65.4 Å². The van der Waals surface area contributed by atoms with Crippen LogP contribution in [0.4, 0.5) is 5.82 Å². The monoisotopic (exact) mass is 435 g/mol. The Morgan fingerprint density at radius 3 is 2.50 bits per heavy atom. The molecule has 3 heterocycles. The first-order chi connectivity index (χ1) is 14.5. The van der Waals surface area contributed by atoms with E-state index in [1.54, 1.807) is 18.3 Å². The summed E-state index contributed by atoms with van der Waals surface area (Å²) in [6.07, 6.45) is 7.62. The second-order valence-electron chi connectivity index (χ2n) is 8.73. The Hall–Kier alpha value is -2.99. The van der Waals surface area contributed by atoms with Gasteiger partial charge < -0.3 is 15.3 Å². The summed E-state index contributed by atoms with van der Waals surface area (Å²) >= 11 is 0. The standard InChI is InChI=1S/C24H25N3O3.2CH4/c28-21-8-7-17-10-16(13-25-23(17)26-21)6-9-22(29)27-14-18-11-24(30,12-19(18)15-27)20-4-2-1-3-5-20;;/h1-6,9-10,13,18-19,30H,7-8,11-12,14-15H2,(H,25,26,28);2*1H4/b9-6+;;/t18-,19+,24?;;. The van der Waals surface area contributed by atoms with Crippen LogP contribution in [-0.4, -0.2) is 39.9 Å². The third-order valence-corrected chi connectivity index (χ3v) is 6.68. The number of likely N-dealkylation sites (tertiary alicyclic amines) is 1. The van der Waals surface area contributed by atoms with E-state index in [9.17, 15) is 14.7 Å². The maximum Gasteiger partial charge on any atom is 0.246 e. The zero-order valence-corrected chi connectivity index (χ0v) is 16.8. The van der Waals surface area contributed by atoms with Gasteiger partial charge in [0.25, 0.3) is 0 Å². The lowest BCUT2D eigenvalue weighted by atomic mass is 9.90. The number of aliphatic hydroxyl groups is 1. The van der Waals surface area contributed by atoms with Crippen molar-refractivity contribution in [2.45, 2.75) is 46.1 Å². The average Bonchev–Trinajstić information content (AvgIpc) is 3.28. The van der Waals surface area contributed by atoms with Gasteiger partial charge in [0, 0.05) is 31.8 Å². The molecule has 1 aromatic carbocycles. The molecule has 5 rings (SSSR count). The summed E-state index contributed by atoms with van der Waals surface area (Å²) in [5, 5.41) is 13.9. The molecule has 170 valence electrons. The van der Waals surface area contributed by atoms with Gasteiger partial charge in [0.15, 0.2) is 0 Å². The average molecular weight is 436 g/mol. The van der Waals surface area contributed by atoms with Gasteiger partial charge in [0.1, 0.15) is 5.82 Å². The SMILES string of the molecule is C.C.O=C1CCc2cc(/C=C/C(=O)N3C[C@@H]4CC(O)(c5ccccc5)C[C@@H]4C3)cnc2N1. The minimum absolute atomic E-state index is 0. The Labute approximate surface area is 190 Å². The summed E-state index contributed by atoms with van der Waals surface area (Å²) in [5.41, 5.74) is 2.07. The topological polar surface area (TPSA) is 82.5 Å². The molecule has 2 amide bonds. The number of nitrogens with zero attached hydrogens (tertiary/aromatic N) is 2. The molecule has 2 aliphatic heterocycles. The molecule has 1 unspecified atom stereocenters. The number of aromatic nitrogens is 1. The number of benzene rings is 1. The molecule has 1 aromatic heterocycles. The smallest absolute Gasteiger partial charge is 0.246 e. The normalized spacial score (nSPS) is 26.0. The third-order valence-electron chi connectivity index (χ3n) is 6.68. The van der Waals surface area contributed by atoms with Gasteiger partial charge in [-0.25, -0.2) is 4.98 Å². The molecule has 2 aromatic rings. The van der Waals surface area contributed by atoms with Crippen molar-refractivity contribution in [2.24, 2.45) is 11.8 Å². The number of carbonyl (C=O) groups is 2. The van der Waals surface area contributed by atoms with Crippen molar-refractivity contribution < 1.29 is 14.7 Å². The first-order valence-electron chi connectivity index (χ1n) is 10.5. The van der Waals surface area contributed by atoms with Gasteiger partial charge in [-0.05, 0) is 59.9 Å². The lowest BCUT2D eigenvalue weighted by molar-refractivity contribution is -0.125. The van der Waals surface area contributed by atoms with Gasteiger partial charge in [-0.2, -0.15) is 0 Å². The second-order valence-corrected chi connectivity index (χ2v) is 8.73. The Kier molecular flexibility index (Phi) is 6.84. The predicted octanol–water partition coefficient (Wildman–Crippen LogP) is 4.01. The number of pyridine rings is 1. The largest absolute Gasteiger partial charge is 0.385 e. The summed E-state index contributed by atoms with van der Waals surface area (Å²) in [6.45, 7) is 1.38. The molecule has 1 saturated heterocycles. The van der Waals surface area contributed by atoms with E-state index in [0.717, 1.165) is 16.7 Å². The van der Waals surface area contributed by atoms with Crippen molar-refractivity contribution in [3.8, 4) is 0 Å². The highest BCUT2D eigenvalue weighted by molar-refractivity contribution is 5.94. The van der Waals surface area contributed by atoms with Crippen LogP contribution in [0.15, 0.2) is 48.7 Å². The summed E-state index contributed by atoms with van der Waals surface area (Å²) < 4.78 is 0. The van der Waals surface area contributed by atoms with Crippen LogP contribution in [-0.2, 0) is 21.6 Å². The lowest BCUT2D eigenvalue weighted by Crippen LogP contribution is -2.31. The number of hydrogen-bond donors (Lipinski definition) is 2. The van der Waals surface area contributed by atoms with E-state index >= 15 is 0 Å². The van der Waals surface area contributed by atoms with Crippen LogP contribution in [0.3, 0.4) is 0 Å². The summed E-state index contributed by atoms with van der Waals surface area (Å²) in [6, 6.07) is 11.8. The molecular weight excluding hydrogens is 402 g/mol. The Morgan fingerprint density at radius 2 is 1.81 bits per heavy atom. The fraction of sp³-hybridized carbons (Fsp3) is 0.423. The number of fused-ring (bicyclic) bond motifs is 2. The Bertz CT molecular complexity index is 1000. The fourth-order valence-corrected chi connectivity index (χ4v) is 5.15. The number of carbonyl (C=O) groups excluding carboxylic acids is 2. The van der Waals surface area contributed by atoms with Crippen molar-refractivity contribution in [2.75, 3.05) is 18.4 Å². The first kappa shape index (κ1) is 23.7. The molecule has 0 spiro atoms. The minimum atomic E-state index is -0.772. The Balaban J connectivity index is 0.00000144. The van der Waals surface area contributed by atoms with Crippen LogP contribution < -0.4 is 5.32 Å². The molecule has 6 heteroatoms. The van der Waals surface area contributed by atoms with E-state index in [0.29, 0.717) is 56.4 Å². The molecule has 3 atom stereocenters. The summed E-state index contributed by atoms with van der Waals surface area (Å²) in [4.78, 5) is 30.3. The van der Waals surface area contributed by atoms with Crippen LogP contribution >= 0.6 is 0 Å². The molecule has 2 N–H and O–H groups in total. The van der Waals surface area contributed by atoms with E-state index in [1.807, 2.05) is 41.3 Å². The van der Waals surface area contributed by atoms with E-state index in [4.69, 9.17) is 0 Å². The number of hydrogen-bond acceptors (Lipinski definition) is 4. The molecule has 1 aliphatic carbocycles. The molecule has 6 nitrogen and oxygen atoms in total. The number of rotatable bonds is 3. The first-order valence-corrected chi connectivity index (χ1v) is 10.5. The molecule has 0 bridgehead atoms. The highest BCUT2D eigenvalue weighted by Crippen LogP contribution is 2.48. The summed E-state index contributed by atoms with van der Waals surface area (Å²) in [7, 11) is 0. The van der Waals surface area contributed by atoms with E-state index in [-0.39, 0.29) is 26.7 Å². The fourth-order valence-electron chi connectivity index (χ4n) is 5.15. The van der Waals surface area contributed by atoms with Crippen LogP contribution in [0.2, 0.25) is 0 Å². The molecular formula is C26H33N3O3. The molecule has 0 radical (unpaired) electrons. The van der Waals surface area contributed by atoms with Crippen LogP contribution in [0.25, 0.3) is 6.08 Å². The van der Waals surface area contributed by atoms with Gasteiger partial charge in [0.05, 0.1) is 5.60 Å². The number of anilines is 1. The second kappa shape index (κ2) is 9.25. The zero-order valence-electron chi connectivity index (χ0n) is 16.8. The van der Waals surface area contributed by atoms with Crippen LogP contribution in [0.5, 0.6) is 0 Å². The van der Waals surface area contributed by atoms with Crippen molar-refractivity contribution >= 4 is 23.7 Å². The number of nitrogens with one attached hydrogen (secondary N) is 1. The lowest BCUT2D eigenvalue weighted by Gasteiger charge is -2.26. The Morgan fingerprint density at radius 1 is 1.12 bits per heavy atom. The van der Waals surface area contributed by atoms with E-state index in [1.165, 1.54) is 0 Å². The zero-order chi connectivity index (χ0) is 20.7. The highest BCUT2D eigenvalue weighted by atomic mass is 16.3.